The van der Waals surface area contributed by atoms with Gasteiger partial charge in [0.25, 0.3) is 0 Å². The summed E-state index contributed by atoms with van der Waals surface area (Å²) in [6, 6.07) is 6.31. The molecule has 0 atom stereocenters. The van der Waals surface area contributed by atoms with Gasteiger partial charge in [-0.2, -0.15) is 0 Å². The van der Waals surface area contributed by atoms with Gasteiger partial charge >= 0.3 is 0 Å². The van der Waals surface area contributed by atoms with Gasteiger partial charge in [-0.05, 0) is 37.5 Å². The molecular weight excluding hydrogens is 264 g/mol. The van der Waals surface area contributed by atoms with Crippen molar-refractivity contribution in [1.29, 1.82) is 0 Å². The summed E-state index contributed by atoms with van der Waals surface area (Å²) in [6.07, 6.45) is 3.01. The number of hydrogen-bond donors (Lipinski definition) is 4. The number of aliphatic imine (C=N–C) groups is 1. The van der Waals surface area contributed by atoms with E-state index >= 15 is 0 Å². The summed E-state index contributed by atoms with van der Waals surface area (Å²) in [5.74, 6) is 0.753. The van der Waals surface area contributed by atoms with Crippen LogP contribution in [0.3, 0.4) is 0 Å². The quantitative estimate of drug-likeness (QED) is 0.481. The second-order valence-corrected chi connectivity index (χ2v) is 4.97. The number of rotatable bonds is 6. The van der Waals surface area contributed by atoms with Gasteiger partial charge in [0.2, 0.25) is 0 Å². The number of aliphatic hydroxyl groups is 1. The maximum absolute atomic E-state index is 8.84. The van der Waals surface area contributed by atoms with Crippen LogP contribution in [0.25, 0.3) is 10.9 Å². The zero-order chi connectivity index (χ0) is 15.1. The van der Waals surface area contributed by atoms with Crippen LogP contribution < -0.4 is 10.6 Å². The molecule has 0 saturated heterocycles. The van der Waals surface area contributed by atoms with E-state index in [1.807, 2.05) is 6.92 Å². The average Bonchev–Trinajstić information content (AvgIpc) is 2.89. The third-order valence-electron chi connectivity index (χ3n) is 3.40. The fourth-order valence-corrected chi connectivity index (χ4v) is 2.47. The lowest BCUT2D eigenvalue weighted by Crippen LogP contribution is -2.38. The van der Waals surface area contributed by atoms with Gasteiger partial charge in [-0.15, -0.1) is 0 Å². The standard InChI is InChI=1S/C16H24N4O/c1-3-17-16(19-9-10-21)18-8-7-13-11-20-14-6-4-5-12(2)15(13)14/h4-6,11,20-21H,3,7-10H2,1-2H3,(H2,17,18,19). The Bertz CT molecular complexity index is 603. The maximum Gasteiger partial charge on any atom is 0.191 e. The minimum atomic E-state index is 0.0677. The first-order valence-electron chi connectivity index (χ1n) is 7.45. The summed E-state index contributed by atoms with van der Waals surface area (Å²) in [7, 11) is 0. The third-order valence-corrected chi connectivity index (χ3v) is 3.40. The second-order valence-electron chi connectivity index (χ2n) is 4.97. The summed E-state index contributed by atoms with van der Waals surface area (Å²) < 4.78 is 0. The number of aromatic nitrogens is 1. The van der Waals surface area contributed by atoms with E-state index in [0.29, 0.717) is 6.54 Å². The number of hydrogen-bond acceptors (Lipinski definition) is 2. The van der Waals surface area contributed by atoms with Gasteiger partial charge in [-0.3, -0.25) is 4.99 Å². The first kappa shape index (κ1) is 15.4. The van der Waals surface area contributed by atoms with Gasteiger partial charge in [0, 0.05) is 30.2 Å². The Morgan fingerprint density at radius 3 is 2.95 bits per heavy atom. The van der Waals surface area contributed by atoms with Crippen molar-refractivity contribution in [3.05, 3.63) is 35.5 Å². The molecule has 0 bridgehead atoms. The lowest BCUT2D eigenvalue weighted by atomic mass is 10.1. The Morgan fingerprint density at radius 2 is 2.19 bits per heavy atom. The Hall–Kier alpha value is -2.01. The highest BCUT2D eigenvalue weighted by Crippen LogP contribution is 2.22. The van der Waals surface area contributed by atoms with Gasteiger partial charge in [-0.1, -0.05) is 12.1 Å². The molecule has 1 aromatic carbocycles. The number of nitrogens with one attached hydrogen (secondary N) is 3. The molecule has 1 aromatic heterocycles. The van der Waals surface area contributed by atoms with E-state index in [2.05, 4.69) is 51.9 Å². The van der Waals surface area contributed by atoms with Crippen molar-refractivity contribution in [2.75, 3.05) is 26.2 Å². The van der Waals surface area contributed by atoms with Crippen molar-refractivity contribution in [3.63, 3.8) is 0 Å². The average molecular weight is 288 g/mol. The zero-order valence-corrected chi connectivity index (χ0v) is 12.7. The molecule has 5 nitrogen and oxygen atoms in total. The fraction of sp³-hybridized carbons (Fsp3) is 0.438. The molecule has 0 saturated carbocycles. The van der Waals surface area contributed by atoms with Gasteiger partial charge < -0.3 is 20.7 Å². The molecule has 0 fully saturated rings. The Balaban J connectivity index is 1.98. The van der Waals surface area contributed by atoms with E-state index in [4.69, 9.17) is 5.11 Å². The number of guanidine groups is 1. The second kappa shape index (κ2) is 7.69. The molecule has 0 aliphatic carbocycles. The van der Waals surface area contributed by atoms with Crippen LogP contribution in [0.1, 0.15) is 18.1 Å². The van der Waals surface area contributed by atoms with Crippen molar-refractivity contribution >= 4 is 16.9 Å². The highest BCUT2D eigenvalue weighted by Gasteiger charge is 2.06. The highest BCUT2D eigenvalue weighted by atomic mass is 16.3. The van der Waals surface area contributed by atoms with Crippen molar-refractivity contribution in [2.24, 2.45) is 4.99 Å². The van der Waals surface area contributed by atoms with Crippen LogP contribution >= 0.6 is 0 Å². The highest BCUT2D eigenvalue weighted by molar-refractivity contribution is 5.86. The number of aliphatic hydroxyl groups excluding tert-OH is 1. The molecule has 114 valence electrons. The van der Waals surface area contributed by atoms with Crippen molar-refractivity contribution in [2.45, 2.75) is 20.3 Å². The predicted octanol–water partition coefficient (Wildman–Crippen LogP) is 1.57. The van der Waals surface area contributed by atoms with E-state index in [9.17, 15) is 0 Å². The van der Waals surface area contributed by atoms with E-state index in [-0.39, 0.29) is 6.61 Å². The normalized spacial score (nSPS) is 11.9. The number of benzene rings is 1. The third kappa shape index (κ3) is 3.98. The number of aromatic amines is 1. The van der Waals surface area contributed by atoms with Crippen LogP contribution in [0.2, 0.25) is 0 Å². The molecule has 0 spiro atoms. The van der Waals surface area contributed by atoms with Crippen LogP contribution in [0.15, 0.2) is 29.4 Å². The topological polar surface area (TPSA) is 72.4 Å². The van der Waals surface area contributed by atoms with Crippen LogP contribution in [0.4, 0.5) is 0 Å². The van der Waals surface area contributed by atoms with E-state index in [0.717, 1.165) is 25.5 Å². The molecule has 4 N–H and O–H groups in total. The van der Waals surface area contributed by atoms with Gasteiger partial charge in [0.05, 0.1) is 13.2 Å². The molecule has 21 heavy (non-hydrogen) atoms. The molecule has 0 aliphatic heterocycles. The Kier molecular flexibility index (Phi) is 5.63. The molecule has 0 amide bonds. The van der Waals surface area contributed by atoms with Crippen LogP contribution in [0, 0.1) is 6.92 Å². The van der Waals surface area contributed by atoms with E-state index in [1.54, 1.807) is 0 Å². The van der Waals surface area contributed by atoms with Crippen LogP contribution in [-0.2, 0) is 6.42 Å². The number of nitrogens with zero attached hydrogens (tertiary/aromatic N) is 1. The minimum Gasteiger partial charge on any atom is -0.394 e. The van der Waals surface area contributed by atoms with Crippen molar-refractivity contribution in [3.8, 4) is 0 Å². The summed E-state index contributed by atoms with van der Waals surface area (Å²) in [5, 5.41) is 16.6. The predicted molar refractivity (Wildman–Crippen MR) is 87.8 cm³/mol. The molecule has 0 radical (unpaired) electrons. The number of aryl methyl sites for hydroxylation is 1. The molecule has 1 heterocycles. The fourth-order valence-electron chi connectivity index (χ4n) is 2.47. The molecule has 2 rings (SSSR count). The summed E-state index contributed by atoms with van der Waals surface area (Å²) in [6.45, 7) is 6.26. The van der Waals surface area contributed by atoms with E-state index < -0.39 is 0 Å². The van der Waals surface area contributed by atoms with E-state index in [1.165, 1.54) is 22.0 Å². The molecular formula is C16H24N4O. The van der Waals surface area contributed by atoms with Gasteiger partial charge in [0.1, 0.15) is 0 Å². The molecule has 2 aromatic rings. The smallest absolute Gasteiger partial charge is 0.191 e. The molecule has 0 aliphatic rings. The number of H-pyrrole nitrogens is 1. The summed E-state index contributed by atoms with van der Waals surface area (Å²) in [4.78, 5) is 7.59. The van der Waals surface area contributed by atoms with Gasteiger partial charge in [0.15, 0.2) is 5.96 Å². The van der Waals surface area contributed by atoms with Crippen LogP contribution in [0.5, 0.6) is 0 Å². The summed E-state index contributed by atoms with van der Waals surface area (Å²) in [5.41, 5.74) is 3.80. The monoisotopic (exact) mass is 288 g/mol. The lowest BCUT2D eigenvalue weighted by Gasteiger charge is -2.11. The molecule has 0 unspecified atom stereocenters. The summed E-state index contributed by atoms with van der Waals surface area (Å²) >= 11 is 0. The van der Waals surface area contributed by atoms with Crippen molar-refractivity contribution in [1.82, 2.24) is 15.6 Å². The maximum atomic E-state index is 8.84. The Morgan fingerprint density at radius 1 is 1.33 bits per heavy atom. The SMILES string of the molecule is CCNC(=NCCO)NCCc1c[nH]c2cccc(C)c12. The first-order valence-corrected chi connectivity index (χ1v) is 7.45. The first-order chi connectivity index (χ1) is 10.3. The number of fused-ring (bicyclic) bond motifs is 1. The minimum absolute atomic E-state index is 0.0677. The lowest BCUT2D eigenvalue weighted by molar-refractivity contribution is 0.306. The van der Waals surface area contributed by atoms with Gasteiger partial charge in [-0.25, -0.2) is 0 Å². The molecule has 5 heteroatoms. The Labute approximate surface area is 125 Å². The zero-order valence-electron chi connectivity index (χ0n) is 12.7. The largest absolute Gasteiger partial charge is 0.394 e. The van der Waals surface area contributed by atoms with Crippen LogP contribution in [-0.4, -0.2) is 42.3 Å². The van der Waals surface area contributed by atoms with Crippen molar-refractivity contribution < 1.29 is 5.11 Å².